The highest BCUT2D eigenvalue weighted by Gasteiger charge is 2.13. The van der Waals surface area contributed by atoms with Gasteiger partial charge in [-0.3, -0.25) is 0 Å². The molecular weight excluding hydrogens is 248 g/mol. The molecule has 0 aliphatic carbocycles. The zero-order valence-corrected chi connectivity index (χ0v) is 11.0. The number of aliphatic hydroxyl groups excluding tert-OH is 1. The molecule has 0 bridgehead atoms. The van der Waals surface area contributed by atoms with E-state index in [0.717, 1.165) is 10.4 Å². The monoisotopic (exact) mass is 260 g/mol. The largest absolute Gasteiger partial charge is 0.383 e. The molecule has 0 saturated carbocycles. The summed E-state index contributed by atoms with van der Waals surface area (Å²) in [5.41, 5.74) is 2.18. The number of aliphatic hydroxyl groups is 1. The molecule has 1 unspecified atom stereocenters. The Morgan fingerprint density at radius 2 is 1.82 bits per heavy atom. The van der Waals surface area contributed by atoms with Crippen molar-refractivity contribution in [1.29, 1.82) is 0 Å². The molecule has 1 N–H and O–H groups in total. The summed E-state index contributed by atoms with van der Waals surface area (Å²) in [6.07, 6.45) is -0.500. The highest BCUT2D eigenvalue weighted by molar-refractivity contribution is 7.26. The van der Waals surface area contributed by atoms with E-state index in [4.69, 9.17) is 0 Å². The van der Waals surface area contributed by atoms with Crippen molar-refractivity contribution >= 4 is 32.1 Å². The van der Waals surface area contributed by atoms with Crippen molar-refractivity contribution in [2.45, 2.75) is 13.0 Å². The minimum Gasteiger partial charge on any atom is -0.383 e. The van der Waals surface area contributed by atoms with Gasteiger partial charge in [0.15, 0.2) is 0 Å². The number of fused-ring (bicyclic) bond motifs is 1. The van der Waals surface area contributed by atoms with Gasteiger partial charge in [-0.05, 0) is 30.0 Å². The first kappa shape index (κ1) is 11.0. The summed E-state index contributed by atoms with van der Waals surface area (Å²) in [6, 6.07) is 12.3. The van der Waals surface area contributed by atoms with E-state index in [0.29, 0.717) is 0 Å². The van der Waals surface area contributed by atoms with Crippen LogP contribution in [0.5, 0.6) is 0 Å². The van der Waals surface area contributed by atoms with E-state index in [2.05, 4.69) is 24.4 Å². The minimum absolute atomic E-state index is 0.500. The molecule has 0 aliphatic heterocycles. The second kappa shape index (κ2) is 4.26. The molecule has 86 valence electrons. The van der Waals surface area contributed by atoms with Crippen LogP contribution >= 0.6 is 22.7 Å². The number of aryl methyl sites for hydroxylation is 1. The molecule has 0 aliphatic rings. The van der Waals surface area contributed by atoms with E-state index < -0.39 is 6.10 Å². The van der Waals surface area contributed by atoms with Gasteiger partial charge in [-0.25, -0.2) is 0 Å². The van der Waals surface area contributed by atoms with Crippen LogP contribution in [0.15, 0.2) is 41.8 Å². The summed E-state index contributed by atoms with van der Waals surface area (Å²) in [5.74, 6) is 0. The number of hydrogen-bond donors (Lipinski definition) is 1. The smallest absolute Gasteiger partial charge is 0.113 e. The fourth-order valence-electron chi connectivity index (χ4n) is 1.83. The van der Waals surface area contributed by atoms with Crippen LogP contribution in [0, 0.1) is 6.92 Å². The van der Waals surface area contributed by atoms with Crippen molar-refractivity contribution in [3.05, 3.63) is 57.8 Å². The first-order valence-electron chi connectivity index (χ1n) is 5.45. The Bertz CT molecular complexity index is 605. The predicted molar refractivity (Wildman–Crippen MR) is 74.9 cm³/mol. The maximum atomic E-state index is 10.3. The third kappa shape index (κ3) is 2.02. The average molecular weight is 260 g/mol. The summed E-state index contributed by atoms with van der Waals surface area (Å²) in [4.78, 5) is 1.02. The van der Waals surface area contributed by atoms with Crippen molar-refractivity contribution in [3.8, 4) is 0 Å². The lowest BCUT2D eigenvalue weighted by Crippen LogP contribution is -1.96. The van der Waals surface area contributed by atoms with Gasteiger partial charge >= 0.3 is 0 Å². The standard InChI is InChI=1S/C14H12OS2/c1-9-2-4-10(5-3-9)14(15)13-8-12-11(17-13)6-7-16-12/h2-8,14-15H,1H3. The topological polar surface area (TPSA) is 20.2 Å². The van der Waals surface area contributed by atoms with E-state index in [1.807, 2.05) is 24.3 Å². The van der Waals surface area contributed by atoms with Gasteiger partial charge in [0.1, 0.15) is 6.10 Å². The Morgan fingerprint density at radius 1 is 1.06 bits per heavy atom. The van der Waals surface area contributed by atoms with E-state index in [1.165, 1.54) is 15.0 Å². The molecule has 3 aromatic rings. The minimum atomic E-state index is -0.500. The van der Waals surface area contributed by atoms with Crippen LogP contribution < -0.4 is 0 Å². The third-order valence-electron chi connectivity index (χ3n) is 2.82. The van der Waals surface area contributed by atoms with E-state index in [1.54, 1.807) is 22.7 Å². The first-order chi connectivity index (χ1) is 8.24. The van der Waals surface area contributed by atoms with Crippen molar-refractivity contribution in [3.63, 3.8) is 0 Å². The Labute approximate surface area is 108 Å². The van der Waals surface area contributed by atoms with E-state index >= 15 is 0 Å². The van der Waals surface area contributed by atoms with Crippen LogP contribution in [-0.4, -0.2) is 5.11 Å². The first-order valence-corrected chi connectivity index (χ1v) is 7.15. The van der Waals surface area contributed by atoms with Gasteiger partial charge in [0.05, 0.1) is 0 Å². The lowest BCUT2D eigenvalue weighted by molar-refractivity contribution is 0.224. The fraction of sp³-hybridized carbons (Fsp3) is 0.143. The van der Waals surface area contributed by atoms with Crippen molar-refractivity contribution in [1.82, 2.24) is 0 Å². The highest BCUT2D eigenvalue weighted by atomic mass is 32.1. The van der Waals surface area contributed by atoms with Crippen LogP contribution in [0.1, 0.15) is 22.1 Å². The van der Waals surface area contributed by atoms with Crippen molar-refractivity contribution in [2.75, 3.05) is 0 Å². The maximum Gasteiger partial charge on any atom is 0.113 e. The second-order valence-electron chi connectivity index (χ2n) is 4.11. The molecule has 1 nitrogen and oxygen atoms in total. The number of rotatable bonds is 2. The van der Waals surface area contributed by atoms with Gasteiger partial charge in [-0.2, -0.15) is 0 Å². The Morgan fingerprint density at radius 3 is 2.53 bits per heavy atom. The summed E-state index contributed by atoms with van der Waals surface area (Å²) in [7, 11) is 0. The number of thiophene rings is 2. The van der Waals surface area contributed by atoms with Gasteiger partial charge < -0.3 is 5.11 Å². The molecule has 0 fully saturated rings. The van der Waals surface area contributed by atoms with Crippen molar-refractivity contribution in [2.24, 2.45) is 0 Å². The van der Waals surface area contributed by atoms with Crippen LogP contribution in [0.4, 0.5) is 0 Å². The Kier molecular flexibility index (Phi) is 2.74. The number of hydrogen-bond acceptors (Lipinski definition) is 3. The SMILES string of the molecule is Cc1ccc(C(O)c2cc3sccc3s2)cc1. The lowest BCUT2D eigenvalue weighted by Gasteiger charge is -2.08. The summed E-state index contributed by atoms with van der Waals surface area (Å²) in [6.45, 7) is 2.05. The van der Waals surface area contributed by atoms with Gasteiger partial charge in [0, 0.05) is 14.3 Å². The van der Waals surface area contributed by atoms with Gasteiger partial charge in [-0.1, -0.05) is 29.8 Å². The molecule has 2 heterocycles. The van der Waals surface area contributed by atoms with Crippen LogP contribution in [0.3, 0.4) is 0 Å². The van der Waals surface area contributed by atoms with E-state index in [9.17, 15) is 5.11 Å². The molecule has 0 saturated heterocycles. The molecule has 0 radical (unpaired) electrons. The Balaban J connectivity index is 1.98. The molecule has 3 rings (SSSR count). The van der Waals surface area contributed by atoms with Crippen molar-refractivity contribution < 1.29 is 5.11 Å². The van der Waals surface area contributed by atoms with Gasteiger partial charge in [-0.15, -0.1) is 22.7 Å². The fourth-order valence-corrected chi connectivity index (χ4v) is 3.97. The zero-order valence-electron chi connectivity index (χ0n) is 9.38. The quantitative estimate of drug-likeness (QED) is 0.726. The molecular formula is C14H12OS2. The summed E-state index contributed by atoms with van der Waals surface area (Å²) in [5, 5.41) is 12.4. The Hall–Kier alpha value is -1.16. The predicted octanol–water partition coefficient (Wildman–Crippen LogP) is 4.35. The second-order valence-corrected chi connectivity index (χ2v) is 6.17. The molecule has 0 spiro atoms. The van der Waals surface area contributed by atoms with Crippen LogP contribution in [0.2, 0.25) is 0 Å². The van der Waals surface area contributed by atoms with Gasteiger partial charge in [0.2, 0.25) is 0 Å². The zero-order chi connectivity index (χ0) is 11.8. The maximum absolute atomic E-state index is 10.3. The molecule has 1 atom stereocenters. The highest BCUT2D eigenvalue weighted by Crippen LogP contribution is 2.35. The molecule has 0 amide bonds. The van der Waals surface area contributed by atoms with Crippen LogP contribution in [-0.2, 0) is 0 Å². The molecule has 1 aromatic carbocycles. The van der Waals surface area contributed by atoms with Gasteiger partial charge in [0.25, 0.3) is 0 Å². The number of benzene rings is 1. The summed E-state index contributed by atoms with van der Waals surface area (Å²) >= 11 is 3.39. The third-order valence-corrected chi connectivity index (χ3v) is 4.97. The van der Waals surface area contributed by atoms with Crippen LogP contribution in [0.25, 0.3) is 9.40 Å². The lowest BCUT2D eigenvalue weighted by atomic mass is 10.1. The van der Waals surface area contributed by atoms with E-state index in [-0.39, 0.29) is 0 Å². The summed E-state index contributed by atoms with van der Waals surface area (Å²) < 4.78 is 2.52. The normalized spacial score (nSPS) is 13.1. The average Bonchev–Trinajstić information content (AvgIpc) is 2.89. The molecule has 3 heteroatoms. The molecule has 2 aromatic heterocycles. The molecule has 17 heavy (non-hydrogen) atoms.